The van der Waals surface area contributed by atoms with Crippen molar-refractivity contribution < 1.29 is 0 Å². The van der Waals surface area contributed by atoms with Crippen LogP contribution < -0.4 is 4.90 Å². The van der Waals surface area contributed by atoms with Crippen molar-refractivity contribution in [2.45, 2.75) is 6.54 Å². The summed E-state index contributed by atoms with van der Waals surface area (Å²) in [7, 11) is 0. The molecule has 7 heteroatoms. The van der Waals surface area contributed by atoms with Crippen LogP contribution >= 0.6 is 23.2 Å². The maximum absolute atomic E-state index is 9.32. The van der Waals surface area contributed by atoms with Gasteiger partial charge >= 0.3 is 0 Å². The molecule has 0 spiro atoms. The zero-order chi connectivity index (χ0) is 16.2. The van der Waals surface area contributed by atoms with Crippen LogP contribution in [0.5, 0.6) is 0 Å². The Morgan fingerprint density at radius 3 is 2.57 bits per heavy atom. The maximum Gasteiger partial charge on any atom is 0.184 e. The number of nitriles is 1. The standard InChI is InChI=1S/C16H11Cl2N5/c17-15-7-6-14(8-16(15)18)23-10-12(20-21-23)9-22(11-19)13-4-2-1-3-5-13/h1-8,10H,9H2. The van der Waals surface area contributed by atoms with Gasteiger partial charge in [0.25, 0.3) is 0 Å². The van der Waals surface area contributed by atoms with Crippen LogP contribution in [0.15, 0.2) is 54.7 Å². The van der Waals surface area contributed by atoms with E-state index >= 15 is 0 Å². The van der Waals surface area contributed by atoms with Crippen LogP contribution in [0.4, 0.5) is 5.69 Å². The third-order valence-corrected chi connectivity index (χ3v) is 3.96. The molecule has 0 atom stereocenters. The monoisotopic (exact) mass is 343 g/mol. The third kappa shape index (κ3) is 3.45. The van der Waals surface area contributed by atoms with E-state index in [1.54, 1.807) is 34.0 Å². The molecule has 0 N–H and O–H groups in total. The van der Waals surface area contributed by atoms with E-state index in [-0.39, 0.29) is 0 Å². The highest BCUT2D eigenvalue weighted by atomic mass is 35.5. The van der Waals surface area contributed by atoms with Gasteiger partial charge in [-0.25, -0.2) is 4.68 Å². The Morgan fingerprint density at radius 1 is 1.09 bits per heavy atom. The molecule has 0 bridgehead atoms. The first-order valence-corrected chi connectivity index (χ1v) is 7.52. The predicted octanol–water partition coefficient (Wildman–Crippen LogP) is 4.06. The fourth-order valence-electron chi connectivity index (χ4n) is 2.08. The van der Waals surface area contributed by atoms with Crippen molar-refractivity contribution in [2.24, 2.45) is 0 Å². The van der Waals surface area contributed by atoms with Crippen LogP contribution in [0.3, 0.4) is 0 Å². The Morgan fingerprint density at radius 2 is 1.87 bits per heavy atom. The largest absolute Gasteiger partial charge is 0.273 e. The highest BCUT2D eigenvalue weighted by molar-refractivity contribution is 6.42. The molecular formula is C16H11Cl2N5. The fraction of sp³-hybridized carbons (Fsp3) is 0.0625. The molecule has 114 valence electrons. The number of hydrogen-bond acceptors (Lipinski definition) is 4. The number of aromatic nitrogens is 3. The van der Waals surface area contributed by atoms with Crippen LogP contribution in [-0.4, -0.2) is 15.0 Å². The van der Waals surface area contributed by atoms with Crippen LogP contribution in [0.2, 0.25) is 10.0 Å². The number of anilines is 1. The van der Waals surface area contributed by atoms with Gasteiger partial charge in [-0.2, -0.15) is 5.26 Å². The van der Waals surface area contributed by atoms with E-state index in [9.17, 15) is 5.26 Å². The summed E-state index contributed by atoms with van der Waals surface area (Å²) in [5.41, 5.74) is 2.22. The Labute approximate surface area is 143 Å². The van der Waals surface area contributed by atoms with E-state index in [1.165, 1.54) is 0 Å². The molecule has 0 radical (unpaired) electrons. The highest BCUT2D eigenvalue weighted by Crippen LogP contribution is 2.24. The van der Waals surface area contributed by atoms with Gasteiger partial charge in [-0.15, -0.1) is 5.10 Å². The lowest BCUT2D eigenvalue weighted by atomic mass is 10.3. The second kappa shape index (κ2) is 6.69. The summed E-state index contributed by atoms with van der Waals surface area (Å²) in [5.74, 6) is 0. The Hall–Kier alpha value is -2.55. The minimum atomic E-state index is 0.335. The van der Waals surface area contributed by atoms with Gasteiger partial charge in [0.2, 0.25) is 0 Å². The van der Waals surface area contributed by atoms with Gasteiger partial charge in [-0.1, -0.05) is 46.6 Å². The van der Waals surface area contributed by atoms with Crippen LogP contribution in [0.1, 0.15) is 5.69 Å². The Kier molecular flexibility index (Phi) is 4.47. The highest BCUT2D eigenvalue weighted by Gasteiger charge is 2.10. The Balaban J connectivity index is 1.82. The van der Waals surface area contributed by atoms with Gasteiger partial charge in [0.1, 0.15) is 5.69 Å². The summed E-state index contributed by atoms with van der Waals surface area (Å²) in [6.07, 6.45) is 3.91. The van der Waals surface area contributed by atoms with E-state index in [4.69, 9.17) is 23.2 Å². The molecule has 0 amide bonds. The molecule has 0 aliphatic carbocycles. The molecule has 0 fully saturated rings. The van der Waals surface area contributed by atoms with Crippen molar-refractivity contribution in [3.63, 3.8) is 0 Å². The Bertz CT molecular complexity index is 854. The molecule has 0 aliphatic rings. The number of para-hydroxylation sites is 1. The smallest absolute Gasteiger partial charge is 0.184 e. The van der Waals surface area contributed by atoms with E-state index in [0.717, 1.165) is 11.4 Å². The van der Waals surface area contributed by atoms with E-state index in [2.05, 4.69) is 16.5 Å². The first-order valence-electron chi connectivity index (χ1n) is 6.76. The lowest BCUT2D eigenvalue weighted by molar-refractivity contribution is 0.795. The second-order valence-electron chi connectivity index (χ2n) is 4.77. The zero-order valence-corrected chi connectivity index (χ0v) is 13.4. The maximum atomic E-state index is 9.32. The van der Waals surface area contributed by atoms with Crippen molar-refractivity contribution >= 4 is 28.9 Å². The van der Waals surface area contributed by atoms with Crippen molar-refractivity contribution in [3.05, 3.63) is 70.5 Å². The van der Waals surface area contributed by atoms with Crippen molar-refractivity contribution in [1.82, 2.24) is 15.0 Å². The number of rotatable bonds is 4. The lowest BCUT2D eigenvalue weighted by Gasteiger charge is -2.13. The number of halogens is 2. The molecule has 0 saturated carbocycles. The van der Waals surface area contributed by atoms with E-state index < -0.39 is 0 Å². The summed E-state index contributed by atoms with van der Waals surface area (Å²) in [6, 6.07) is 14.6. The number of nitrogens with zero attached hydrogens (tertiary/aromatic N) is 5. The SMILES string of the molecule is N#CN(Cc1cn(-c2ccc(Cl)c(Cl)c2)nn1)c1ccccc1. The van der Waals surface area contributed by atoms with Gasteiger partial charge < -0.3 is 0 Å². The average molecular weight is 344 g/mol. The quantitative estimate of drug-likeness (QED) is 0.529. The molecule has 5 nitrogen and oxygen atoms in total. The van der Waals surface area contributed by atoms with Crippen LogP contribution in [0.25, 0.3) is 5.69 Å². The van der Waals surface area contributed by atoms with Gasteiger partial charge in [0.05, 0.1) is 34.2 Å². The lowest BCUT2D eigenvalue weighted by Crippen LogP contribution is -2.15. The number of benzene rings is 2. The molecule has 23 heavy (non-hydrogen) atoms. The van der Waals surface area contributed by atoms with Gasteiger partial charge in [0.15, 0.2) is 6.19 Å². The topological polar surface area (TPSA) is 57.7 Å². The molecule has 2 aromatic carbocycles. The van der Waals surface area contributed by atoms with Crippen molar-refractivity contribution in [1.29, 1.82) is 5.26 Å². The van der Waals surface area contributed by atoms with E-state index in [0.29, 0.717) is 22.3 Å². The summed E-state index contributed by atoms with van der Waals surface area (Å²) >= 11 is 11.9. The molecular weight excluding hydrogens is 333 g/mol. The second-order valence-corrected chi connectivity index (χ2v) is 5.59. The van der Waals surface area contributed by atoms with Crippen LogP contribution in [0, 0.1) is 11.5 Å². The van der Waals surface area contributed by atoms with Crippen molar-refractivity contribution in [2.75, 3.05) is 4.90 Å². The fourth-order valence-corrected chi connectivity index (χ4v) is 2.37. The minimum absolute atomic E-state index is 0.335. The van der Waals surface area contributed by atoms with Crippen LogP contribution in [-0.2, 0) is 6.54 Å². The predicted molar refractivity (Wildman–Crippen MR) is 89.6 cm³/mol. The molecule has 1 aromatic heterocycles. The number of hydrogen-bond donors (Lipinski definition) is 0. The average Bonchev–Trinajstić information content (AvgIpc) is 3.04. The normalized spacial score (nSPS) is 10.3. The van der Waals surface area contributed by atoms with Gasteiger partial charge in [0, 0.05) is 0 Å². The van der Waals surface area contributed by atoms with Gasteiger partial charge in [-0.3, -0.25) is 4.90 Å². The third-order valence-electron chi connectivity index (χ3n) is 3.22. The first kappa shape index (κ1) is 15.3. The molecule has 0 saturated heterocycles. The summed E-state index contributed by atoms with van der Waals surface area (Å²) in [6.45, 7) is 0.335. The summed E-state index contributed by atoms with van der Waals surface area (Å²) < 4.78 is 1.60. The zero-order valence-electron chi connectivity index (χ0n) is 11.9. The molecule has 3 aromatic rings. The summed E-state index contributed by atoms with van der Waals surface area (Å²) in [4.78, 5) is 1.54. The van der Waals surface area contributed by atoms with E-state index in [1.807, 2.05) is 30.3 Å². The molecule has 0 aliphatic heterocycles. The first-order chi connectivity index (χ1) is 11.2. The van der Waals surface area contributed by atoms with Crippen molar-refractivity contribution in [3.8, 4) is 11.9 Å². The molecule has 1 heterocycles. The molecule has 0 unspecified atom stereocenters. The molecule has 3 rings (SSSR count). The van der Waals surface area contributed by atoms with Gasteiger partial charge in [-0.05, 0) is 30.3 Å². The minimum Gasteiger partial charge on any atom is -0.273 e. The summed E-state index contributed by atoms with van der Waals surface area (Å²) in [5, 5.41) is 18.4.